The van der Waals surface area contributed by atoms with Crippen molar-refractivity contribution >= 4 is 6.09 Å². The van der Waals surface area contributed by atoms with Gasteiger partial charge in [-0.15, -0.1) is 0 Å². The van der Waals surface area contributed by atoms with Gasteiger partial charge in [0.2, 0.25) is 5.89 Å². The number of carbonyl (C=O) groups excluding carboxylic acids is 1. The van der Waals surface area contributed by atoms with E-state index in [9.17, 15) is 4.79 Å². The Labute approximate surface area is 143 Å². The molecule has 0 radical (unpaired) electrons. The average Bonchev–Trinajstić information content (AvgIpc) is 3.04. The second-order valence-corrected chi connectivity index (χ2v) is 7.97. The van der Waals surface area contributed by atoms with Crippen molar-refractivity contribution in [3.8, 4) is 0 Å². The van der Waals surface area contributed by atoms with Gasteiger partial charge in [-0.1, -0.05) is 5.16 Å². The average molecular weight is 336 g/mol. The van der Waals surface area contributed by atoms with Crippen LogP contribution in [-0.2, 0) is 4.74 Å². The van der Waals surface area contributed by atoms with Crippen molar-refractivity contribution in [3.05, 3.63) is 11.7 Å². The summed E-state index contributed by atoms with van der Waals surface area (Å²) in [6, 6.07) is 0.218. The molecule has 1 aliphatic heterocycles. The lowest BCUT2D eigenvalue weighted by Gasteiger charge is -2.29. The highest BCUT2D eigenvalue weighted by Crippen LogP contribution is 2.38. The first-order chi connectivity index (χ1) is 11.2. The molecule has 1 saturated carbocycles. The molecule has 24 heavy (non-hydrogen) atoms. The number of likely N-dealkylation sites (N-methyl/N-ethyl adjacent to an activating group) is 1. The molecule has 3 rings (SSSR count). The summed E-state index contributed by atoms with van der Waals surface area (Å²) in [5.41, 5.74) is -0.472. The van der Waals surface area contributed by atoms with E-state index in [-0.39, 0.29) is 18.2 Å². The molecule has 0 aromatic carbocycles. The quantitative estimate of drug-likeness (QED) is 0.842. The maximum Gasteiger partial charge on any atom is 0.410 e. The Balaban J connectivity index is 1.56. The van der Waals surface area contributed by atoms with Crippen molar-refractivity contribution in [2.45, 2.75) is 70.6 Å². The molecule has 7 heteroatoms. The molecule has 1 aliphatic carbocycles. The Morgan fingerprint density at radius 2 is 2.08 bits per heavy atom. The van der Waals surface area contributed by atoms with Crippen LogP contribution in [-0.4, -0.2) is 57.8 Å². The molecule has 2 fully saturated rings. The van der Waals surface area contributed by atoms with Crippen molar-refractivity contribution in [2.24, 2.45) is 0 Å². The summed E-state index contributed by atoms with van der Waals surface area (Å²) in [4.78, 5) is 20.8. The number of hydrogen-bond acceptors (Lipinski definition) is 6. The molecule has 1 aromatic rings. The van der Waals surface area contributed by atoms with Crippen LogP contribution in [0.1, 0.15) is 70.6 Å². The molecule has 134 valence electrons. The first kappa shape index (κ1) is 17.2. The fourth-order valence-electron chi connectivity index (χ4n) is 3.00. The van der Waals surface area contributed by atoms with Gasteiger partial charge in [-0.2, -0.15) is 4.98 Å². The van der Waals surface area contributed by atoms with Crippen LogP contribution in [0, 0.1) is 0 Å². The monoisotopic (exact) mass is 336 g/mol. The number of likely N-dealkylation sites (tertiary alicyclic amines) is 1. The standard InChI is InChI=1S/C17H28N4O3/c1-11(15-18-14(19-24-15)12-6-7-12)21-9-8-13(10-21)20(5)16(22)23-17(2,3)4/h11-13H,6-10H2,1-5H3/t11-,13-/m0/s1. The molecular weight excluding hydrogens is 308 g/mol. The summed E-state index contributed by atoms with van der Waals surface area (Å²) >= 11 is 0. The second kappa shape index (κ2) is 6.35. The molecule has 0 spiro atoms. The highest BCUT2D eigenvalue weighted by Gasteiger charge is 2.35. The third-order valence-corrected chi connectivity index (χ3v) is 4.73. The molecular formula is C17H28N4O3. The number of rotatable bonds is 4. The molecule has 1 amide bonds. The van der Waals surface area contributed by atoms with E-state index in [2.05, 4.69) is 22.0 Å². The topological polar surface area (TPSA) is 71.7 Å². The number of hydrogen-bond donors (Lipinski definition) is 0. The summed E-state index contributed by atoms with van der Waals surface area (Å²) in [6.45, 7) is 9.43. The first-order valence-electron chi connectivity index (χ1n) is 8.78. The summed E-state index contributed by atoms with van der Waals surface area (Å²) in [6.07, 6.45) is 2.99. The smallest absolute Gasteiger partial charge is 0.410 e. The van der Waals surface area contributed by atoms with Crippen LogP contribution in [0.2, 0.25) is 0 Å². The van der Waals surface area contributed by atoms with Crippen LogP contribution in [0.4, 0.5) is 4.79 Å². The summed E-state index contributed by atoms with van der Waals surface area (Å²) in [5.74, 6) is 2.02. The van der Waals surface area contributed by atoms with Gasteiger partial charge in [0.05, 0.1) is 6.04 Å². The van der Waals surface area contributed by atoms with Gasteiger partial charge in [0.1, 0.15) is 5.60 Å². The SMILES string of the molecule is C[C@@H](c1nc(C2CC2)no1)N1CC[C@H](N(C)C(=O)OC(C)(C)C)C1. The van der Waals surface area contributed by atoms with Gasteiger partial charge in [0.15, 0.2) is 5.82 Å². The van der Waals surface area contributed by atoms with E-state index < -0.39 is 5.60 Å². The first-order valence-corrected chi connectivity index (χ1v) is 8.78. The second-order valence-electron chi connectivity index (χ2n) is 7.97. The minimum absolute atomic E-state index is 0.0713. The number of amides is 1. The predicted molar refractivity (Wildman–Crippen MR) is 88.7 cm³/mol. The van der Waals surface area contributed by atoms with E-state index in [4.69, 9.17) is 9.26 Å². The lowest BCUT2D eigenvalue weighted by Crippen LogP contribution is -2.42. The molecule has 0 bridgehead atoms. The van der Waals surface area contributed by atoms with E-state index in [0.717, 1.165) is 25.3 Å². The number of aromatic nitrogens is 2. The maximum absolute atomic E-state index is 12.2. The van der Waals surface area contributed by atoms with Crippen molar-refractivity contribution in [3.63, 3.8) is 0 Å². The van der Waals surface area contributed by atoms with E-state index in [1.165, 1.54) is 12.8 Å². The van der Waals surface area contributed by atoms with E-state index in [1.54, 1.807) is 4.90 Å². The van der Waals surface area contributed by atoms with Gasteiger partial charge in [-0.25, -0.2) is 4.79 Å². The fraction of sp³-hybridized carbons (Fsp3) is 0.824. The molecule has 2 aliphatic rings. The van der Waals surface area contributed by atoms with Crippen LogP contribution in [0.3, 0.4) is 0 Å². The molecule has 7 nitrogen and oxygen atoms in total. The lowest BCUT2D eigenvalue weighted by atomic mass is 10.2. The summed E-state index contributed by atoms with van der Waals surface area (Å²) in [7, 11) is 1.81. The molecule has 2 heterocycles. The van der Waals surface area contributed by atoms with E-state index >= 15 is 0 Å². The molecule has 0 N–H and O–H groups in total. The Morgan fingerprint density at radius 3 is 2.71 bits per heavy atom. The highest BCUT2D eigenvalue weighted by atomic mass is 16.6. The van der Waals surface area contributed by atoms with Crippen molar-refractivity contribution in [2.75, 3.05) is 20.1 Å². The fourth-order valence-corrected chi connectivity index (χ4v) is 3.00. The predicted octanol–water partition coefficient (Wildman–Crippen LogP) is 2.95. The zero-order chi connectivity index (χ0) is 17.5. The number of carbonyl (C=O) groups is 1. The minimum atomic E-state index is -0.472. The Morgan fingerprint density at radius 1 is 1.38 bits per heavy atom. The molecule has 2 atom stereocenters. The minimum Gasteiger partial charge on any atom is -0.444 e. The normalized spacial score (nSPS) is 23.3. The van der Waals surface area contributed by atoms with Crippen molar-refractivity contribution in [1.29, 1.82) is 0 Å². The summed E-state index contributed by atoms with van der Waals surface area (Å²) in [5, 5.41) is 4.10. The Bertz CT molecular complexity index is 591. The highest BCUT2D eigenvalue weighted by molar-refractivity contribution is 5.68. The van der Waals surface area contributed by atoms with Crippen LogP contribution < -0.4 is 0 Å². The molecule has 1 saturated heterocycles. The third kappa shape index (κ3) is 3.88. The van der Waals surface area contributed by atoms with Gasteiger partial charge in [-0.3, -0.25) is 4.90 Å². The van der Waals surface area contributed by atoms with Gasteiger partial charge in [0.25, 0.3) is 0 Å². The van der Waals surface area contributed by atoms with Gasteiger partial charge >= 0.3 is 6.09 Å². The molecule has 1 aromatic heterocycles. The van der Waals surface area contributed by atoms with Gasteiger partial charge < -0.3 is 14.2 Å². The Kier molecular flexibility index (Phi) is 4.55. The van der Waals surface area contributed by atoms with Crippen LogP contribution in [0.15, 0.2) is 4.52 Å². The van der Waals surface area contributed by atoms with Crippen LogP contribution in [0.25, 0.3) is 0 Å². The van der Waals surface area contributed by atoms with Crippen LogP contribution >= 0.6 is 0 Å². The number of ether oxygens (including phenoxy) is 1. The molecule has 0 unspecified atom stereocenters. The van der Waals surface area contributed by atoms with Crippen molar-refractivity contribution < 1.29 is 14.1 Å². The van der Waals surface area contributed by atoms with E-state index in [0.29, 0.717) is 11.8 Å². The van der Waals surface area contributed by atoms with Crippen LogP contribution in [0.5, 0.6) is 0 Å². The van der Waals surface area contributed by atoms with Crippen molar-refractivity contribution in [1.82, 2.24) is 19.9 Å². The maximum atomic E-state index is 12.2. The van der Waals surface area contributed by atoms with Gasteiger partial charge in [-0.05, 0) is 47.0 Å². The summed E-state index contributed by atoms with van der Waals surface area (Å²) < 4.78 is 10.9. The van der Waals surface area contributed by atoms with Gasteiger partial charge in [0, 0.05) is 32.1 Å². The largest absolute Gasteiger partial charge is 0.444 e. The third-order valence-electron chi connectivity index (χ3n) is 4.73. The Hall–Kier alpha value is -1.63. The number of nitrogens with zero attached hydrogens (tertiary/aromatic N) is 4. The lowest BCUT2D eigenvalue weighted by molar-refractivity contribution is 0.0224. The zero-order valence-electron chi connectivity index (χ0n) is 15.3. The van der Waals surface area contributed by atoms with E-state index in [1.807, 2.05) is 27.8 Å². The zero-order valence-corrected chi connectivity index (χ0v) is 15.3.